The van der Waals surface area contributed by atoms with E-state index < -0.39 is 0 Å². The van der Waals surface area contributed by atoms with Crippen LogP contribution in [0.3, 0.4) is 0 Å². The summed E-state index contributed by atoms with van der Waals surface area (Å²) in [5, 5.41) is 3.04. The normalized spacial score (nSPS) is 13.2. The molecule has 0 radical (unpaired) electrons. The van der Waals surface area contributed by atoms with Crippen LogP contribution in [0.5, 0.6) is 5.75 Å². The van der Waals surface area contributed by atoms with Crippen LogP contribution in [-0.2, 0) is 6.54 Å². The van der Waals surface area contributed by atoms with Crippen LogP contribution in [0.2, 0.25) is 0 Å². The van der Waals surface area contributed by atoms with Crippen LogP contribution >= 0.6 is 0 Å². The average Bonchev–Trinajstić information content (AvgIpc) is 3.02. The smallest absolute Gasteiger partial charge is 0.195 e. The molecule has 1 aliphatic rings. The van der Waals surface area contributed by atoms with Crippen LogP contribution in [0, 0.1) is 0 Å². The molecule has 5 rings (SSSR count). The van der Waals surface area contributed by atoms with E-state index in [9.17, 15) is 4.79 Å². The number of ether oxygens (including phenoxy) is 1. The second kappa shape index (κ2) is 4.96. The molecule has 1 aromatic heterocycles. The van der Waals surface area contributed by atoms with Crippen molar-refractivity contribution in [2.24, 2.45) is 0 Å². The summed E-state index contributed by atoms with van der Waals surface area (Å²) in [5.74, 6) is 0.922. The van der Waals surface area contributed by atoms with E-state index in [0.717, 1.165) is 45.1 Å². The SMILES string of the molecule is O=C(c1cccc2ccccc12)c1cn2c3c(cccc13)OCC2. The minimum absolute atomic E-state index is 0.0644. The Kier molecular flexibility index (Phi) is 2.77. The van der Waals surface area contributed by atoms with Crippen LogP contribution in [0.4, 0.5) is 0 Å². The van der Waals surface area contributed by atoms with Crippen LogP contribution in [0.15, 0.2) is 66.9 Å². The minimum Gasteiger partial charge on any atom is -0.490 e. The first kappa shape index (κ1) is 13.4. The van der Waals surface area contributed by atoms with Crippen molar-refractivity contribution in [3.8, 4) is 5.75 Å². The summed E-state index contributed by atoms with van der Waals surface area (Å²) < 4.78 is 7.86. The van der Waals surface area contributed by atoms with Crippen molar-refractivity contribution in [3.05, 3.63) is 78.0 Å². The first-order valence-corrected chi connectivity index (χ1v) is 8.10. The van der Waals surface area contributed by atoms with Crippen LogP contribution in [0.25, 0.3) is 21.7 Å². The quantitative estimate of drug-likeness (QED) is 0.513. The van der Waals surface area contributed by atoms with Crippen LogP contribution in [0.1, 0.15) is 15.9 Å². The highest BCUT2D eigenvalue weighted by Crippen LogP contribution is 2.34. The largest absolute Gasteiger partial charge is 0.490 e. The van der Waals surface area contributed by atoms with Crippen molar-refractivity contribution in [2.75, 3.05) is 6.61 Å². The topological polar surface area (TPSA) is 31.2 Å². The zero-order valence-corrected chi connectivity index (χ0v) is 13.0. The summed E-state index contributed by atoms with van der Waals surface area (Å²) in [6.07, 6.45) is 1.97. The molecular formula is C21H15NO2. The highest BCUT2D eigenvalue weighted by atomic mass is 16.5. The van der Waals surface area contributed by atoms with E-state index in [-0.39, 0.29) is 5.78 Å². The molecule has 3 heteroatoms. The summed E-state index contributed by atoms with van der Waals surface area (Å²) >= 11 is 0. The van der Waals surface area contributed by atoms with E-state index in [1.165, 1.54) is 0 Å². The van der Waals surface area contributed by atoms with E-state index in [1.54, 1.807) is 0 Å². The van der Waals surface area contributed by atoms with Crippen molar-refractivity contribution in [1.82, 2.24) is 4.57 Å². The lowest BCUT2D eigenvalue weighted by Crippen LogP contribution is -2.12. The van der Waals surface area contributed by atoms with Gasteiger partial charge >= 0.3 is 0 Å². The Morgan fingerprint density at radius 3 is 2.62 bits per heavy atom. The molecule has 0 spiro atoms. The molecule has 0 saturated carbocycles. The van der Waals surface area contributed by atoms with E-state index in [2.05, 4.69) is 4.57 Å². The Hall–Kier alpha value is -3.07. The molecular weight excluding hydrogens is 298 g/mol. The number of hydrogen-bond acceptors (Lipinski definition) is 2. The van der Waals surface area contributed by atoms with Gasteiger partial charge in [-0.3, -0.25) is 4.79 Å². The number of carbonyl (C=O) groups is 1. The van der Waals surface area contributed by atoms with Gasteiger partial charge in [0.25, 0.3) is 0 Å². The third-order valence-corrected chi connectivity index (χ3v) is 4.73. The standard InChI is InChI=1S/C21H15NO2/c23-21(17-9-3-6-14-5-1-2-7-15(14)17)18-13-22-11-12-24-19-10-4-8-16(18)20(19)22/h1-10,13H,11-12H2. The average molecular weight is 313 g/mol. The van der Waals surface area contributed by atoms with Gasteiger partial charge in [0.2, 0.25) is 0 Å². The summed E-state index contributed by atoms with van der Waals surface area (Å²) in [6.45, 7) is 1.42. The number of benzene rings is 3. The molecule has 0 aliphatic carbocycles. The molecule has 0 amide bonds. The lowest BCUT2D eigenvalue weighted by molar-refractivity contribution is 0.104. The van der Waals surface area contributed by atoms with Gasteiger partial charge in [0.15, 0.2) is 5.78 Å². The molecule has 1 aliphatic heterocycles. The maximum Gasteiger partial charge on any atom is 0.195 e. The Balaban J connectivity index is 1.76. The molecule has 3 aromatic carbocycles. The second-order valence-electron chi connectivity index (χ2n) is 6.09. The number of fused-ring (bicyclic) bond motifs is 1. The van der Waals surface area contributed by atoms with Crippen molar-refractivity contribution in [3.63, 3.8) is 0 Å². The number of rotatable bonds is 2. The predicted octanol–water partition coefficient (Wildman–Crippen LogP) is 4.42. The number of nitrogens with zero attached hydrogens (tertiary/aromatic N) is 1. The molecule has 116 valence electrons. The van der Waals surface area contributed by atoms with Crippen LogP contribution in [-0.4, -0.2) is 17.0 Å². The van der Waals surface area contributed by atoms with Gasteiger partial charge in [-0.1, -0.05) is 54.6 Å². The number of carbonyl (C=O) groups excluding carboxylic acids is 1. The molecule has 0 N–H and O–H groups in total. The molecule has 2 heterocycles. The van der Waals surface area contributed by atoms with E-state index >= 15 is 0 Å². The molecule has 0 fully saturated rings. The van der Waals surface area contributed by atoms with E-state index in [1.807, 2.05) is 66.9 Å². The zero-order valence-electron chi connectivity index (χ0n) is 13.0. The molecule has 0 bridgehead atoms. The van der Waals surface area contributed by atoms with Crippen molar-refractivity contribution >= 4 is 27.5 Å². The molecule has 0 saturated heterocycles. The maximum atomic E-state index is 13.3. The number of hydrogen-bond donors (Lipinski definition) is 0. The van der Waals surface area contributed by atoms with Gasteiger partial charge in [0.05, 0.1) is 12.1 Å². The Morgan fingerprint density at radius 1 is 0.875 bits per heavy atom. The zero-order chi connectivity index (χ0) is 16.1. The van der Waals surface area contributed by atoms with Crippen molar-refractivity contribution in [2.45, 2.75) is 6.54 Å². The van der Waals surface area contributed by atoms with Crippen molar-refractivity contribution < 1.29 is 9.53 Å². The fourth-order valence-electron chi connectivity index (χ4n) is 3.62. The highest BCUT2D eigenvalue weighted by Gasteiger charge is 2.22. The summed E-state index contributed by atoms with van der Waals surface area (Å²) in [4.78, 5) is 13.3. The predicted molar refractivity (Wildman–Crippen MR) is 94.8 cm³/mol. The van der Waals surface area contributed by atoms with Gasteiger partial charge in [-0.2, -0.15) is 0 Å². The lowest BCUT2D eigenvalue weighted by Gasteiger charge is -2.16. The Labute approximate surface area is 139 Å². The minimum atomic E-state index is 0.0644. The van der Waals surface area contributed by atoms with Crippen molar-refractivity contribution in [1.29, 1.82) is 0 Å². The van der Waals surface area contributed by atoms with Crippen LogP contribution < -0.4 is 4.74 Å². The Bertz CT molecular complexity index is 1100. The number of ketones is 1. The molecule has 24 heavy (non-hydrogen) atoms. The summed E-state index contributed by atoms with van der Waals surface area (Å²) in [7, 11) is 0. The van der Waals surface area contributed by atoms with Gasteiger partial charge in [-0.25, -0.2) is 0 Å². The third-order valence-electron chi connectivity index (χ3n) is 4.73. The van der Waals surface area contributed by atoms with E-state index in [0.29, 0.717) is 6.61 Å². The van der Waals surface area contributed by atoms with Gasteiger partial charge in [-0.15, -0.1) is 0 Å². The Morgan fingerprint density at radius 2 is 1.67 bits per heavy atom. The molecule has 3 nitrogen and oxygen atoms in total. The fraction of sp³-hybridized carbons (Fsp3) is 0.0952. The molecule has 4 aromatic rings. The van der Waals surface area contributed by atoms with Gasteiger partial charge < -0.3 is 9.30 Å². The monoisotopic (exact) mass is 313 g/mol. The fourth-order valence-corrected chi connectivity index (χ4v) is 3.62. The van der Waals surface area contributed by atoms with Gasteiger partial charge in [0, 0.05) is 22.7 Å². The summed E-state index contributed by atoms with van der Waals surface area (Å²) in [6, 6.07) is 19.8. The first-order chi connectivity index (χ1) is 11.8. The van der Waals surface area contributed by atoms with Gasteiger partial charge in [0.1, 0.15) is 12.4 Å². The summed E-state index contributed by atoms with van der Waals surface area (Å²) in [5.41, 5.74) is 2.51. The molecule has 0 unspecified atom stereocenters. The van der Waals surface area contributed by atoms with Gasteiger partial charge in [-0.05, 0) is 16.8 Å². The number of para-hydroxylation sites is 1. The first-order valence-electron chi connectivity index (χ1n) is 8.10. The highest BCUT2D eigenvalue weighted by molar-refractivity contribution is 6.21. The van der Waals surface area contributed by atoms with E-state index in [4.69, 9.17) is 4.74 Å². The third kappa shape index (κ3) is 1.81. The second-order valence-corrected chi connectivity index (χ2v) is 6.09. The molecule has 0 atom stereocenters. The maximum absolute atomic E-state index is 13.3. The number of aromatic nitrogens is 1. The lowest BCUT2D eigenvalue weighted by atomic mass is 9.97.